The van der Waals surface area contributed by atoms with Crippen LogP contribution in [0.2, 0.25) is 0 Å². The third-order valence-corrected chi connectivity index (χ3v) is 1.63. The first-order valence-electron chi connectivity index (χ1n) is 3.50. The van der Waals surface area contributed by atoms with Gasteiger partial charge in [-0.3, -0.25) is 0 Å². The van der Waals surface area contributed by atoms with Gasteiger partial charge in [0.05, 0.1) is 0 Å². The molecule has 1 saturated heterocycles. The van der Waals surface area contributed by atoms with Crippen molar-refractivity contribution in [3.05, 3.63) is 0 Å². The number of amides is 1. The highest BCUT2D eigenvalue weighted by molar-refractivity contribution is 5.65. The number of carbonyl (C=O) groups is 1. The van der Waals surface area contributed by atoms with Gasteiger partial charge in [-0.1, -0.05) is 0 Å². The Hall–Kier alpha value is -0.840. The maximum absolute atomic E-state index is 13.3. The van der Waals surface area contributed by atoms with Crippen LogP contribution in [0, 0.1) is 0 Å². The molecule has 4 nitrogen and oxygen atoms in total. The maximum Gasteiger partial charge on any atom is 0.407 e. The molecule has 0 unspecified atom stereocenters. The van der Waals surface area contributed by atoms with E-state index >= 15 is 0 Å². The number of piperidine rings is 1. The molecule has 3 N–H and O–H groups in total. The SMILES string of the molecule is NC(=O)OC1(F)CCNCC1. The number of hydrogen-bond acceptors (Lipinski definition) is 3. The van der Waals surface area contributed by atoms with Crippen LogP contribution in [-0.2, 0) is 4.74 Å². The summed E-state index contributed by atoms with van der Waals surface area (Å²) >= 11 is 0. The van der Waals surface area contributed by atoms with Gasteiger partial charge in [0.1, 0.15) is 0 Å². The van der Waals surface area contributed by atoms with Crippen molar-refractivity contribution in [3.8, 4) is 0 Å². The zero-order chi connectivity index (χ0) is 8.32. The highest BCUT2D eigenvalue weighted by Gasteiger charge is 2.34. The normalized spacial score (nSPS) is 22.6. The van der Waals surface area contributed by atoms with Crippen LogP contribution in [0.25, 0.3) is 0 Å². The summed E-state index contributed by atoms with van der Waals surface area (Å²) in [4.78, 5) is 10.2. The molecule has 0 saturated carbocycles. The number of nitrogens with two attached hydrogens (primary N) is 1. The minimum absolute atomic E-state index is 0.177. The van der Waals surface area contributed by atoms with E-state index in [9.17, 15) is 9.18 Å². The second-order valence-corrected chi connectivity index (χ2v) is 2.55. The molecule has 0 spiro atoms. The average molecular weight is 162 g/mol. The second-order valence-electron chi connectivity index (χ2n) is 2.55. The molecule has 0 aromatic carbocycles. The number of alkyl halides is 1. The second kappa shape index (κ2) is 3.04. The van der Waals surface area contributed by atoms with Gasteiger partial charge in [0.15, 0.2) is 0 Å². The van der Waals surface area contributed by atoms with E-state index in [0.29, 0.717) is 13.1 Å². The van der Waals surface area contributed by atoms with Crippen molar-refractivity contribution in [2.24, 2.45) is 5.73 Å². The standard InChI is InChI=1S/C6H11FN2O2/c7-6(11-5(8)10)1-3-9-4-2-6/h9H,1-4H2,(H2,8,10). The number of hydrogen-bond donors (Lipinski definition) is 2. The lowest BCUT2D eigenvalue weighted by Crippen LogP contribution is -2.42. The lowest BCUT2D eigenvalue weighted by molar-refractivity contribution is -0.111. The van der Waals surface area contributed by atoms with Crippen molar-refractivity contribution >= 4 is 6.09 Å². The number of rotatable bonds is 1. The highest BCUT2D eigenvalue weighted by atomic mass is 19.2. The quantitative estimate of drug-likeness (QED) is 0.576. The Morgan fingerprint density at radius 2 is 2.09 bits per heavy atom. The highest BCUT2D eigenvalue weighted by Crippen LogP contribution is 2.24. The monoisotopic (exact) mass is 162 g/mol. The van der Waals surface area contributed by atoms with Crippen LogP contribution in [0.1, 0.15) is 12.8 Å². The van der Waals surface area contributed by atoms with Crippen LogP contribution in [-0.4, -0.2) is 25.0 Å². The molecule has 5 heteroatoms. The minimum atomic E-state index is -1.84. The van der Waals surface area contributed by atoms with E-state index in [2.05, 4.69) is 15.8 Å². The summed E-state index contributed by atoms with van der Waals surface area (Å²) in [5.74, 6) is -1.84. The van der Waals surface area contributed by atoms with Crippen LogP contribution in [0.4, 0.5) is 9.18 Å². The van der Waals surface area contributed by atoms with Crippen molar-refractivity contribution in [3.63, 3.8) is 0 Å². The van der Waals surface area contributed by atoms with Gasteiger partial charge in [0.25, 0.3) is 5.85 Å². The zero-order valence-electron chi connectivity index (χ0n) is 6.10. The van der Waals surface area contributed by atoms with Gasteiger partial charge in [-0.25, -0.2) is 4.79 Å². The summed E-state index contributed by atoms with van der Waals surface area (Å²) in [7, 11) is 0. The van der Waals surface area contributed by atoms with E-state index in [4.69, 9.17) is 0 Å². The predicted molar refractivity (Wildman–Crippen MR) is 36.6 cm³/mol. The molecule has 1 rings (SSSR count). The Balaban J connectivity index is 2.43. The van der Waals surface area contributed by atoms with E-state index < -0.39 is 11.9 Å². The van der Waals surface area contributed by atoms with Gasteiger partial charge in [-0.05, 0) is 0 Å². The van der Waals surface area contributed by atoms with Crippen molar-refractivity contribution in [2.45, 2.75) is 18.7 Å². The summed E-state index contributed by atoms with van der Waals surface area (Å²) in [5.41, 5.74) is 4.69. The van der Waals surface area contributed by atoms with E-state index in [0.717, 1.165) is 0 Å². The first kappa shape index (κ1) is 8.26. The van der Waals surface area contributed by atoms with Gasteiger partial charge >= 0.3 is 6.09 Å². The van der Waals surface area contributed by atoms with Crippen LogP contribution >= 0.6 is 0 Å². The lowest BCUT2D eigenvalue weighted by atomic mass is 10.1. The summed E-state index contributed by atoms with van der Waals surface area (Å²) in [5, 5.41) is 2.94. The summed E-state index contributed by atoms with van der Waals surface area (Å²) in [6.07, 6.45) is -0.694. The molecule has 1 aliphatic rings. The molecule has 1 aliphatic heterocycles. The molecule has 0 atom stereocenters. The molecular weight excluding hydrogens is 151 g/mol. The number of nitrogens with one attached hydrogen (secondary N) is 1. The van der Waals surface area contributed by atoms with Crippen LogP contribution in [0.3, 0.4) is 0 Å². The summed E-state index contributed by atoms with van der Waals surface area (Å²) in [6.45, 7) is 1.04. The number of ether oxygens (including phenoxy) is 1. The topological polar surface area (TPSA) is 64.4 Å². The van der Waals surface area contributed by atoms with Crippen molar-refractivity contribution in [1.29, 1.82) is 0 Å². The first-order valence-corrected chi connectivity index (χ1v) is 3.50. The number of carbonyl (C=O) groups excluding carboxylic acids is 1. The fourth-order valence-electron chi connectivity index (χ4n) is 1.08. The molecule has 1 fully saturated rings. The van der Waals surface area contributed by atoms with E-state index in [1.165, 1.54) is 0 Å². The Morgan fingerprint density at radius 3 is 2.55 bits per heavy atom. The molecular formula is C6H11FN2O2. The van der Waals surface area contributed by atoms with Crippen molar-refractivity contribution in [2.75, 3.05) is 13.1 Å². The summed E-state index contributed by atoms with van der Waals surface area (Å²) < 4.78 is 17.6. The molecule has 1 heterocycles. The molecule has 0 aromatic heterocycles. The van der Waals surface area contributed by atoms with Crippen molar-refractivity contribution in [1.82, 2.24) is 5.32 Å². The molecule has 0 aliphatic carbocycles. The Bertz CT molecular complexity index is 157. The Morgan fingerprint density at radius 1 is 1.55 bits per heavy atom. The van der Waals surface area contributed by atoms with Gasteiger partial charge in [0.2, 0.25) is 0 Å². The van der Waals surface area contributed by atoms with Gasteiger partial charge in [0, 0.05) is 25.9 Å². The van der Waals surface area contributed by atoms with Crippen LogP contribution in [0.5, 0.6) is 0 Å². The number of primary amides is 1. The molecule has 0 radical (unpaired) electrons. The molecule has 0 bridgehead atoms. The third kappa shape index (κ3) is 2.34. The van der Waals surface area contributed by atoms with E-state index in [1.54, 1.807) is 0 Å². The summed E-state index contributed by atoms with van der Waals surface area (Å²) in [6, 6.07) is 0. The van der Waals surface area contributed by atoms with Gasteiger partial charge in [-0.2, -0.15) is 4.39 Å². The van der Waals surface area contributed by atoms with E-state index in [-0.39, 0.29) is 12.8 Å². The van der Waals surface area contributed by atoms with Crippen LogP contribution in [0.15, 0.2) is 0 Å². The maximum atomic E-state index is 13.3. The lowest BCUT2D eigenvalue weighted by Gasteiger charge is -2.28. The Kier molecular flexibility index (Phi) is 2.28. The molecule has 0 aromatic rings. The first-order chi connectivity index (χ1) is 5.12. The Labute approximate surface area is 63.9 Å². The van der Waals surface area contributed by atoms with Crippen LogP contribution < -0.4 is 11.1 Å². The minimum Gasteiger partial charge on any atom is -0.412 e. The smallest absolute Gasteiger partial charge is 0.407 e. The number of halogens is 1. The van der Waals surface area contributed by atoms with Gasteiger partial charge < -0.3 is 15.8 Å². The van der Waals surface area contributed by atoms with E-state index in [1.807, 2.05) is 0 Å². The predicted octanol–water partition coefficient (Wildman–Crippen LogP) is 0.131. The molecule has 64 valence electrons. The molecule has 1 amide bonds. The van der Waals surface area contributed by atoms with Gasteiger partial charge in [-0.15, -0.1) is 0 Å². The average Bonchev–Trinajstić information content (AvgIpc) is 1.85. The third-order valence-electron chi connectivity index (χ3n) is 1.63. The van der Waals surface area contributed by atoms with Crippen molar-refractivity contribution < 1.29 is 13.9 Å². The fourth-order valence-corrected chi connectivity index (χ4v) is 1.08. The largest absolute Gasteiger partial charge is 0.412 e. The zero-order valence-corrected chi connectivity index (χ0v) is 6.10. The molecule has 11 heavy (non-hydrogen) atoms. The fraction of sp³-hybridized carbons (Fsp3) is 0.833.